The minimum absolute atomic E-state index is 0.655. The van der Waals surface area contributed by atoms with Crippen LogP contribution in [0.1, 0.15) is 19.4 Å². The first-order valence-electron chi connectivity index (χ1n) is 8.52. The van der Waals surface area contributed by atoms with Gasteiger partial charge in [-0.25, -0.2) is 4.68 Å². The van der Waals surface area contributed by atoms with Crippen LogP contribution in [0.25, 0.3) is 5.69 Å². The van der Waals surface area contributed by atoms with Crippen LogP contribution in [0, 0.1) is 0 Å². The summed E-state index contributed by atoms with van der Waals surface area (Å²) in [6.45, 7) is 7.79. The highest BCUT2D eigenvalue weighted by Gasteiger charge is 1.99. The smallest absolute Gasteiger partial charge is 0.191 e. The highest BCUT2D eigenvalue weighted by Crippen LogP contribution is 2.08. The molecule has 0 fully saturated rings. The molecule has 1 heterocycles. The number of ether oxygens (including phenoxy) is 1. The predicted molar refractivity (Wildman–Crippen MR) is 97.7 cm³/mol. The Hall–Kier alpha value is -2.34. The maximum absolute atomic E-state index is 5.31. The lowest BCUT2D eigenvalue weighted by molar-refractivity contribution is 0.155. The lowest BCUT2D eigenvalue weighted by atomic mass is 10.1. The van der Waals surface area contributed by atoms with E-state index in [1.54, 1.807) is 6.20 Å². The Labute approximate surface area is 143 Å². The summed E-state index contributed by atoms with van der Waals surface area (Å²) >= 11 is 0. The summed E-state index contributed by atoms with van der Waals surface area (Å²) in [4.78, 5) is 4.49. The summed E-state index contributed by atoms with van der Waals surface area (Å²) in [6, 6.07) is 10.4. The molecule has 2 rings (SSSR count). The minimum atomic E-state index is 0.655. The van der Waals surface area contributed by atoms with Gasteiger partial charge in [-0.1, -0.05) is 12.1 Å². The molecule has 1 aromatic carbocycles. The zero-order valence-corrected chi connectivity index (χ0v) is 14.5. The number of hydrogen-bond donors (Lipinski definition) is 2. The van der Waals surface area contributed by atoms with Gasteiger partial charge in [-0.3, -0.25) is 4.99 Å². The van der Waals surface area contributed by atoms with Crippen LogP contribution in [0.5, 0.6) is 0 Å². The molecule has 0 saturated heterocycles. The molecule has 6 heteroatoms. The molecular weight excluding hydrogens is 302 g/mol. The molecule has 0 bridgehead atoms. The summed E-state index contributed by atoms with van der Waals surface area (Å²) in [5, 5.41) is 10.8. The van der Waals surface area contributed by atoms with E-state index in [0.29, 0.717) is 13.2 Å². The average Bonchev–Trinajstić information content (AvgIpc) is 3.14. The zero-order valence-electron chi connectivity index (χ0n) is 14.5. The van der Waals surface area contributed by atoms with Crippen molar-refractivity contribution >= 4 is 5.96 Å². The zero-order chi connectivity index (χ0) is 17.0. The molecule has 0 saturated carbocycles. The van der Waals surface area contributed by atoms with Gasteiger partial charge in [-0.05, 0) is 44.0 Å². The van der Waals surface area contributed by atoms with Crippen LogP contribution in [0.3, 0.4) is 0 Å². The fourth-order valence-electron chi connectivity index (χ4n) is 2.27. The van der Waals surface area contributed by atoms with Crippen LogP contribution < -0.4 is 10.6 Å². The largest absolute Gasteiger partial charge is 0.380 e. The van der Waals surface area contributed by atoms with Gasteiger partial charge in [0, 0.05) is 32.1 Å². The summed E-state index contributed by atoms with van der Waals surface area (Å²) < 4.78 is 7.17. The van der Waals surface area contributed by atoms with Crippen molar-refractivity contribution in [2.24, 2.45) is 4.99 Å². The lowest BCUT2D eigenvalue weighted by Crippen LogP contribution is -2.38. The maximum Gasteiger partial charge on any atom is 0.191 e. The molecule has 0 atom stereocenters. The summed E-state index contributed by atoms with van der Waals surface area (Å²) in [5.41, 5.74) is 2.35. The average molecular weight is 329 g/mol. The molecule has 0 aliphatic heterocycles. The predicted octanol–water partition coefficient (Wildman–Crippen LogP) is 2.01. The summed E-state index contributed by atoms with van der Waals surface area (Å²) in [7, 11) is 0. The number of guanidine groups is 1. The van der Waals surface area contributed by atoms with Gasteiger partial charge in [-0.2, -0.15) is 5.10 Å². The van der Waals surface area contributed by atoms with Crippen LogP contribution in [0.2, 0.25) is 0 Å². The number of rotatable bonds is 9. The molecule has 0 unspecified atom stereocenters. The van der Waals surface area contributed by atoms with Crippen LogP contribution in [-0.2, 0) is 11.2 Å². The van der Waals surface area contributed by atoms with Gasteiger partial charge in [-0.15, -0.1) is 0 Å². The first-order chi connectivity index (χ1) is 11.8. The first kappa shape index (κ1) is 18.0. The summed E-state index contributed by atoms with van der Waals surface area (Å²) in [5.74, 6) is 0.838. The Balaban J connectivity index is 1.78. The quantitative estimate of drug-likeness (QED) is 0.420. The Morgan fingerprint density at radius 2 is 2.04 bits per heavy atom. The molecule has 0 aliphatic carbocycles. The van der Waals surface area contributed by atoms with Gasteiger partial charge >= 0.3 is 0 Å². The molecular formula is C18H27N5O. The van der Waals surface area contributed by atoms with Crippen LogP contribution >= 0.6 is 0 Å². The van der Waals surface area contributed by atoms with E-state index in [2.05, 4.69) is 51.9 Å². The van der Waals surface area contributed by atoms with Gasteiger partial charge in [0.2, 0.25) is 0 Å². The van der Waals surface area contributed by atoms with E-state index in [-0.39, 0.29) is 0 Å². The maximum atomic E-state index is 5.31. The highest BCUT2D eigenvalue weighted by molar-refractivity contribution is 5.79. The van der Waals surface area contributed by atoms with Crippen molar-refractivity contribution in [1.29, 1.82) is 0 Å². The van der Waals surface area contributed by atoms with Crippen molar-refractivity contribution in [1.82, 2.24) is 20.4 Å². The number of nitrogens with one attached hydrogen (secondary N) is 2. The summed E-state index contributed by atoms with van der Waals surface area (Å²) in [6.07, 6.45) is 4.66. The molecule has 0 radical (unpaired) electrons. The Bertz CT molecular complexity index is 592. The van der Waals surface area contributed by atoms with Gasteiger partial charge in [0.05, 0.1) is 18.8 Å². The van der Waals surface area contributed by atoms with Crippen molar-refractivity contribution in [3.8, 4) is 5.69 Å². The second kappa shape index (κ2) is 10.4. The van der Waals surface area contributed by atoms with Crippen molar-refractivity contribution in [3.05, 3.63) is 48.3 Å². The molecule has 0 spiro atoms. The third kappa shape index (κ3) is 6.04. The fourth-order valence-corrected chi connectivity index (χ4v) is 2.27. The molecule has 0 amide bonds. The SMILES string of the molecule is CCNC(=NCCOCC)NCCc1ccc(-n2cccn2)cc1. The fraction of sp³-hybridized carbons (Fsp3) is 0.444. The third-order valence-corrected chi connectivity index (χ3v) is 3.47. The molecule has 2 aromatic rings. The van der Waals surface area contributed by atoms with Gasteiger partial charge in [0.25, 0.3) is 0 Å². The van der Waals surface area contributed by atoms with Crippen molar-refractivity contribution in [2.45, 2.75) is 20.3 Å². The second-order valence-corrected chi connectivity index (χ2v) is 5.25. The Morgan fingerprint density at radius 3 is 2.71 bits per heavy atom. The van der Waals surface area contributed by atoms with Crippen LogP contribution in [0.15, 0.2) is 47.7 Å². The molecule has 24 heavy (non-hydrogen) atoms. The Morgan fingerprint density at radius 1 is 1.21 bits per heavy atom. The number of nitrogens with zero attached hydrogens (tertiary/aromatic N) is 3. The monoisotopic (exact) mass is 329 g/mol. The third-order valence-electron chi connectivity index (χ3n) is 3.47. The van der Waals surface area contributed by atoms with Crippen LogP contribution in [-0.4, -0.2) is 48.6 Å². The molecule has 0 aliphatic rings. The van der Waals surface area contributed by atoms with E-state index in [1.807, 2.05) is 23.9 Å². The topological polar surface area (TPSA) is 63.5 Å². The van der Waals surface area contributed by atoms with Gasteiger partial charge in [0.15, 0.2) is 5.96 Å². The number of benzene rings is 1. The van der Waals surface area contributed by atoms with E-state index in [0.717, 1.165) is 37.8 Å². The normalized spacial score (nSPS) is 11.5. The van der Waals surface area contributed by atoms with Gasteiger partial charge < -0.3 is 15.4 Å². The number of aromatic nitrogens is 2. The minimum Gasteiger partial charge on any atom is -0.380 e. The second-order valence-electron chi connectivity index (χ2n) is 5.25. The highest BCUT2D eigenvalue weighted by atomic mass is 16.5. The lowest BCUT2D eigenvalue weighted by Gasteiger charge is -2.11. The van der Waals surface area contributed by atoms with Crippen molar-refractivity contribution in [2.75, 3.05) is 32.8 Å². The molecule has 6 nitrogen and oxygen atoms in total. The standard InChI is InChI=1S/C18H27N5O/c1-3-19-18(21-13-15-24-4-2)20-12-10-16-6-8-17(9-7-16)23-14-5-11-22-23/h5-9,11,14H,3-4,10,12-13,15H2,1-2H3,(H2,19,20,21). The first-order valence-corrected chi connectivity index (χ1v) is 8.52. The number of aliphatic imine (C=N–C) groups is 1. The number of hydrogen-bond acceptors (Lipinski definition) is 3. The van der Waals surface area contributed by atoms with Crippen molar-refractivity contribution < 1.29 is 4.74 Å². The van der Waals surface area contributed by atoms with Crippen LogP contribution in [0.4, 0.5) is 0 Å². The molecule has 130 valence electrons. The molecule has 2 N–H and O–H groups in total. The van der Waals surface area contributed by atoms with Gasteiger partial charge in [0.1, 0.15) is 0 Å². The van der Waals surface area contributed by atoms with E-state index in [9.17, 15) is 0 Å². The van der Waals surface area contributed by atoms with Crippen molar-refractivity contribution in [3.63, 3.8) is 0 Å². The molecule has 1 aromatic heterocycles. The van der Waals surface area contributed by atoms with E-state index < -0.39 is 0 Å². The van der Waals surface area contributed by atoms with E-state index >= 15 is 0 Å². The van der Waals surface area contributed by atoms with E-state index in [4.69, 9.17) is 4.74 Å². The Kier molecular flexibility index (Phi) is 7.83. The van der Waals surface area contributed by atoms with E-state index in [1.165, 1.54) is 5.56 Å².